The molecule has 0 saturated carbocycles. The lowest BCUT2D eigenvalue weighted by molar-refractivity contribution is -0.149. The number of carbonyl (C=O) groups is 1. The van der Waals surface area contributed by atoms with Gasteiger partial charge >= 0.3 is 5.97 Å². The molecule has 1 fully saturated rings. The summed E-state index contributed by atoms with van der Waals surface area (Å²) < 4.78 is 10.7. The highest BCUT2D eigenvalue weighted by atomic mass is 16.5. The number of carboxylic acids is 1. The molecule has 0 aromatic carbocycles. The predicted octanol–water partition coefficient (Wildman–Crippen LogP) is 0.919. The molecule has 1 aromatic heterocycles. The van der Waals surface area contributed by atoms with Gasteiger partial charge in [0.1, 0.15) is 12.1 Å². The summed E-state index contributed by atoms with van der Waals surface area (Å²) in [6.07, 6.45) is 1.91. The van der Waals surface area contributed by atoms with Crippen molar-refractivity contribution < 1.29 is 19.4 Å². The summed E-state index contributed by atoms with van der Waals surface area (Å²) >= 11 is 0. The molecule has 0 radical (unpaired) electrons. The van der Waals surface area contributed by atoms with E-state index in [1.54, 1.807) is 6.07 Å². The van der Waals surface area contributed by atoms with E-state index in [2.05, 4.69) is 15.3 Å². The molecule has 2 N–H and O–H groups in total. The Labute approximate surface area is 111 Å². The van der Waals surface area contributed by atoms with Crippen LogP contribution in [-0.2, 0) is 9.53 Å². The minimum atomic E-state index is -0.900. The summed E-state index contributed by atoms with van der Waals surface area (Å²) in [7, 11) is 0. The smallest absolute Gasteiger partial charge is 0.332 e. The third-order valence-corrected chi connectivity index (χ3v) is 2.83. The van der Waals surface area contributed by atoms with E-state index in [-0.39, 0.29) is 6.10 Å². The third-order valence-electron chi connectivity index (χ3n) is 2.83. The Morgan fingerprint density at radius 3 is 3.11 bits per heavy atom. The molecule has 2 unspecified atom stereocenters. The highest BCUT2D eigenvalue weighted by Crippen LogP contribution is 2.20. The molecule has 0 amide bonds. The van der Waals surface area contributed by atoms with Crippen molar-refractivity contribution in [3.63, 3.8) is 0 Å². The molecule has 1 aliphatic heterocycles. The zero-order chi connectivity index (χ0) is 13.7. The number of hydrogen-bond acceptors (Lipinski definition) is 6. The largest absolute Gasteiger partial charge is 0.479 e. The molecule has 2 atom stereocenters. The van der Waals surface area contributed by atoms with Gasteiger partial charge in [-0.1, -0.05) is 0 Å². The number of rotatable bonds is 6. The molecule has 0 spiro atoms. The van der Waals surface area contributed by atoms with E-state index in [1.165, 1.54) is 6.33 Å². The minimum absolute atomic E-state index is 0.105. The van der Waals surface area contributed by atoms with Crippen molar-refractivity contribution in [2.75, 3.05) is 18.5 Å². The van der Waals surface area contributed by atoms with Crippen molar-refractivity contribution in [3.8, 4) is 5.88 Å². The number of anilines is 1. The SMILES string of the molecule is CCOc1cc(NCC2CCC(C(=O)O)O2)ncn1. The molecule has 104 valence electrons. The standard InChI is InChI=1S/C12H17N3O4/c1-2-18-11-5-10(14-7-15-11)13-6-8-3-4-9(19-8)12(16)17/h5,7-9H,2-4,6H2,1H3,(H,16,17)(H,13,14,15). The van der Waals surface area contributed by atoms with E-state index >= 15 is 0 Å². The lowest BCUT2D eigenvalue weighted by atomic mass is 10.2. The second-order valence-corrected chi connectivity index (χ2v) is 4.22. The first-order chi connectivity index (χ1) is 9.19. The van der Waals surface area contributed by atoms with Gasteiger partial charge in [-0.25, -0.2) is 14.8 Å². The molecule has 1 saturated heterocycles. The highest BCUT2D eigenvalue weighted by molar-refractivity contribution is 5.72. The average Bonchev–Trinajstić information content (AvgIpc) is 2.86. The molecule has 7 heteroatoms. The van der Waals surface area contributed by atoms with E-state index in [1.807, 2.05) is 6.92 Å². The number of ether oxygens (including phenoxy) is 2. The van der Waals surface area contributed by atoms with Crippen molar-refractivity contribution in [2.24, 2.45) is 0 Å². The first kappa shape index (κ1) is 13.5. The molecule has 1 aromatic rings. The van der Waals surface area contributed by atoms with Gasteiger partial charge in [0.25, 0.3) is 0 Å². The van der Waals surface area contributed by atoms with Crippen LogP contribution in [0, 0.1) is 0 Å². The number of aromatic nitrogens is 2. The van der Waals surface area contributed by atoms with Gasteiger partial charge in [0, 0.05) is 12.6 Å². The topological polar surface area (TPSA) is 93.6 Å². The number of carboxylic acid groups (broad SMARTS) is 1. The summed E-state index contributed by atoms with van der Waals surface area (Å²) in [4.78, 5) is 18.8. The fourth-order valence-electron chi connectivity index (χ4n) is 1.92. The number of nitrogens with one attached hydrogen (secondary N) is 1. The number of hydrogen-bond donors (Lipinski definition) is 2. The first-order valence-corrected chi connectivity index (χ1v) is 6.26. The highest BCUT2D eigenvalue weighted by Gasteiger charge is 2.30. The first-order valence-electron chi connectivity index (χ1n) is 6.26. The Hall–Kier alpha value is -1.89. The van der Waals surface area contributed by atoms with Gasteiger partial charge in [0.15, 0.2) is 6.10 Å². The van der Waals surface area contributed by atoms with Crippen LogP contribution in [-0.4, -0.2) is 46.4 Å². The van der Waals surface area contributed by atoms with Gasteiger partial charge in [-0.3, -0.25) is 0 Å². The summed E-state index contributed by atoms with van der Waals surface area (Å²) in [5.41, 5.74) is 0. The van der Waals surface area contributed by atoms with Gasteiger partial charge in [0.05, 0.1) is 12.7 Å². The normalized spacial score (nSPS) is 22.2. The van der Waals surface area contributed by atoms with Crippen molar-refractivity contribution in [1.29, 1.82) is 0 Å². The van der Waals surface area contributed by atoms with E-state index in [4.69, 9.17) is 14.6 Å². The third kappa shape index (κ3) is 3.78. The molecule has 2 rings (SSSR count). The molecular formula is C12H17N3O4. The van der Waals surface area contributed by atoms with Crippen LogP contribution in [0.1, 0.15) is 19.8 Å². The fourth-order valence-corrected chi connectivity index (χ4v) is 1.92. The fraction of sp³-hybridized carbons (Fsp3) is 0.583. The maximum absolute atomic E-state index is 10.8. The summed E-state index contributed by atoms with van der Waals surface area (Å²) in [6, 6.07) is 1.70. The van der Waals surface area contributed by atoms with Crippen LogP contribution in [0.25, 0.3) is 0 Å². The Bertz CT molecular complexity index is 441. The second-order valence-electron chi connectivity index (χ2n) is 4.22. The maximum atomic E-state index is 10.8. The predicted molar refractivity (Wildman–Crippen MR) is 67.2 cm³/mol. The van der Waals surface area contributed by atoms with Crippen LogP contribution in [0.4, 0.5) is 5.82 Å². The molecule has 0 bridgehead atoms. The van der Waals surface area contributed by atoms with E-state index in [0.29, 0.717) is 31.3 Å². The van der Waals surface area contributed by atoms with Gasteiger partial charge in [0.2, 0.25) is 5.88 Å². The zero-order valence-electron chi connectivity index (χ0n) is 10.7. The van der Waals surface area contributed by atoms with Crippen LogP contribution in [0.2, 0.25) is 0 Å². The van der Waals surface area contributed by atoms with Crippen LogP contribution in [0.3, 0.4) is 0 Å². The maximum Gasteiger partial charge on any atom is 0.332 e. The number of nitrogens with zero attached hydrogens (tertiary/aromatic N) is 2. The summed E-state index contributed by atoms with van der Waals surface area (Å²) in [6.45, 7) is 2.95. The van der Waals surface area contributed by atoms with Crippen LogP contribution < -0.4 is 10.1 Å². The van der Waals surface area contributed by atoms with Gasteiger partial charge in [-0.2, -0.15) is 0 Å². The second kappa shape index (κ2) is 6.33. The zero-order valence-corrected chi connectivity index (χ0v) is 10.7. The summed E-state index contributed by atoms with van der Waals surface area (Å²) in [5.74, 6) is 0.250. The lowest BCUT2D eigenvalue weighted by Gasteiger charge is -2.13. The van der Waals surface area contributed by atoms with Crippen molar-refractivity contribution >= 4 is 11.8 Å². The molecule has 0 aliphatic carbocycles. The Balaban J connectivity index is 1.82. The molecule has 1 aliphatic rings. The van der Waals surface area contributed by atoms with Crippen molar-refractivity contribution in [2.45, 2.75) is 32.0 Å². The quantitative estimate of drug-likeness (QED) is 0.791. The molecular weight excluding hydrogens is 250 g/mol. The summed E-state index contributed by atoms with van der Waals surface area (Å²) in [5, 5.41) is 11.9. The Morgan fingerprint density at radius 1 is 1.58 bits per heavy atom. The van der Waals surface area contributed by atoms with Crippen LogP contribution >= 0.6 is 0 Å². The Kier molecular flexibility index (Phi) is 4.51. The molecule has 2 heterocycles. The van der Waals surface area contributed by atoms with Crippen molar-refractivity contribution in [3.05, 3.63) is 12.4 Å². The molecule has 7 nitrogen and oxygen atoms in total. The van der Waals surface area contributed by atoms with Gasteiger partial charge < -0.3 is 19.9 Å². The van der Waals surface area contributed by atoms with Crippen molar-refractivity contribution in [1.82, 2.24) is 9.97 Å². The molecule has 19 heavy (non-hydrogen) atoms. The van der Waals surface area contributed by atoms with E-state index < -0.39 is 12.1 Å². The Morgan fingerprint density at radius 2 is 2.42 bits per heavy atom. The minimum Gasteiger partial charge on any atom is -0.479 e. The van der Waals surface area contributed by atoms with Gasteiger partial charge in [-0.05, 0) is 19.8 Å². The van der Waals surface area contributed by atoms with Gasteiger partial charge in [-0.15, -0.1) is 0 Å². The lowest BCUT2D eigenvalue weighted by Crippen LogP contribution is -2.24. The van der Waals surface area contributed by atoms with E-state index in [0.717, 1.165) is 6.42 Å². The average molecular weight is 267 g/mol. The van der Waals surface area contributed by atoms with E-state index in [9.17, 15) is 4.79 Å². The van der Waals surface area contributed by atoms with Crippen LogP contribution in [0.5, 0.6) is 5.88 Å². The monoisotopic (exact) mass is 267 g/mol. The number of aliphatic carboxylic acids is 1. The van der Waals surface area contributed by atoms with Crippen LogP contribution in [0.15, 0.2) is 12.4 Å².